The van der Waals surface area contributed by atoms with Crippen molar-refractivity contribution < 1.29 is 28.8 Å². The summed E-state index contributed by atoms with van der Waals surface area (Å²) in [5.74, 6) is -1.05. The maximum atomic E-state index is 10.6. The molecule has 7 nitrogen and oxygen atoms in total. The van der Waals surface area contributed by atoms with Crippen LogP contribution in [-0.2, 0) is 13.9 Å². The molecule has 1 rings (SSSR count). The number of carboxylic acid groups (broad SMARTS) is 1. The first-order valence-electron chi connectivity index (χ1n) is 4.14. The molecule has 0 aromatic heterocycles. The standard InChI is InChI=1S/C7H10NO6PS/c1-4-5(2-3-14-15(11,12)13)16-6(8-4)7(9)10/h2,6H,3H2,1H3,(H,9,10)(H2,11,12,13)/t6-/m1/s1. The minimum Gasteiger partial charge on any atom is -0.479 e. The van der Waals surface area contributed by atoms with Crippen LogP contribution < -0.4 is 0 Å². The first kappa shape index (κ1) is 13.4. The topological polar surface area (TPSA) is 116 Å². The van der Waals surface area contributed by atoms with Crippen LogP contribution in [0.1, 0.15) is 6.92 Å². The number of hydrogen-bond acceptors (Lipinski definition) is 5. The Kier molecular flexibility index (Phi) is 4.28. The van der Waals surface area contributed by atoms with E-state index in [9.17, 15) is 9.36 Å². The summed E-state index contributed by atoms with van der Waals surface area (Å²) in [5, 5.41) is 7.80. The minimum atomic E-state index is -4.49. The first-order chi connectivity index (χ1) is 7.29. The van der Waals surface area contributed by atoms with Crippen molar-refractivity contribution >= 4 is 31.3 Å². The Morgan fingerprint density at radius 3 is 2.75 bits per heavy atom. The van der Waals surface area contributed by atoms with Crippen molar-refractivity contribution in [2.75, 3.05) is 6.61 Å². The molecule has 0 aromatic rings. The van der Waals surface area contributed by atoms with E-state index in [4.69, 9.17) is 14.9 Å². The van der Waals surface area contributed by atoms with Gasteiger partial charge in [0.15, 0.2) is 5.37 Å². The monoisotopic (exact) mass is 267 g/mol. The molecule has 0 bridgehead atoms. The molecule has 0 radical (unpaired) electrons. The number of phosphoric acid groups is 1. The summed E-state index contributed by atoms with van der Waals surface area (Å²) < 4.78 is 14.6. The average Bonchev–Trinajstić information content (AvgIpc) is 2.46. The Bertz CT molecular complexity index is 400. The molecule has 9 heteroatoms. The van der Waals surface area contributed by atoms with Crippen molar-refractivity contribution in [2.24, 2.45) is 4.99 Å². The number of hydrogen-bond donors (Lipinski definition) is 3. The zero-order valence-electron chi connectivity index (χ0n) is 8.23. The van der Waals surface area contributed by atoms with Crippen molar-refractivity contribution in [3.63, 3.8) is 0 Å². The SMILES string of the molecule is CC1=N[C@@H](C(=O)O)SC1=CCOP(=O)(O)O. The lowest BCUT2D eigenvalue weighted by molar-refractivity contribution is -0.136. The highest BCUT2D eigenvalue weighted by atomic mass is 32.2. The molecule has 0 fully saturated rings. The van der Waals surface area contributed by atoms with E-state index in [1.165, 1.54) is 6.08 Å². The average molecular weight is 267 g/mol. The fraction of sp³-hybridized carbons (Fsp3) is 0.429. The van der Waals surface area contributed by atoms with E-state index in [-0.39, 0.29) is 6.61 Å². The molecule has 1 heterocycles. The van der Waals surface area contributed by atoms with Gasteiger partial charge in [-0.15, -0.1) is 0 Å². The maximum absolute atomic E-state index is 10.6. The fourth-order valence-electron chi connectivity index (χ4n) is 0.983. The smallest absolute Gasteiger partial charge is 0.469 e. The van der Waals surface area contributed by atoms with Gasteiger partial charge in [0.2, 0.25) is 0 Å². The maximum Gasteiger partial charge on any atom is 0.469 e. The Morgan fingerprint density at radius 2 is 2.31 bits per heavy atom. The second-order valence-electron chi connectivity index (χ2n) is 2.88. The Balaban J connectivity index is 2.58. The number of carboxylic acids is 1. The van der Waals surface area contributed by atoms with Gasteiger partial charge in [0.1, 0.15) is 0 Å². The van der Waals surface area contributed by atoms with Crippen molar-refractivity contribution in [1.82, 2.24) is 0 Å². The molecule has 1 aliphatic rings. The lowest BCUT2D eigenvalue weighted by Gasteiger charge is -2.02. The van der Waals surface area contributed by atoms with E-state index in [1.807, 2.05) is 0 Å². The predicted octanol–water partition coefficient (Wildman–Crippen LogP) is 0.598. The molecule has 90 valence electrons. The molecule has 0 saturated carbocycles. The zero-order chi connectivity index (χ0) is 12.3. The van der Waals surface area contributed by atoms with Gasteiger partial charge in [0, 0.05) is 10.6 Å². The van der Waals surface area contributed by atoms with Gasteiger partial charge in [-0.3, -0.25) is 9.52 Å². The van der Waals surface area contributed by atoms with E-state index >= 15 is 0 Å². The Labute approximate surface area is 95.5 Å². The summed E-state index contributed by atoms with van der Waals surface area (Å²) in [6.07, 6.45) is 1.39. The first-order valence-corrected chi connectivity index (χ1v) is 6.55. The molecule has 0 aliphatic carbocycles. The van der Waals surface area contributed by atoms with Crippen LogP contribution in [0.15, 0.2) is 16.0 Å². The number of allylic oxidation sites excluding steroid dienone is 1. The van der Waals surface area contributed by atoms with E-state index < -0.39 is 19.2 Å². The summed E-state index contributed by atoms with van der Waals surface area (Å²) in [6, 6.07) is 0. The molecule has 0 unspecified atom stereocenters. The third-order valence-electron chi connectivity index (χ3n) is 1.63. The molecule has 0 aromatic carbocycles. The summed E-state index contributed by atoms with van der Waals surface area (Å²) >= 11 is 1.00. The van der Waals surface area contributed by atoms with Crippen LogP contribution in [0.2, 0.25) is 0 Å². The number of carbonyl (C=O) groups is 1. The van der Waals surface area contributed by atoms with Crippen molar-refractivity contribution in [1.29, 1.82) is 0 Å². The molecule has 16 heavy (non-hydrogen) atoms. The van der Waals surface area contributed by atoms with Gasteiger partial charge >= 0.3 is 13.8 Å². The second-order valence-corrected chi connectivity index (χ2v) is 5.24. The Hall–Kier alpha value is -0.660. The highest BCUT2D eigenvalue weighted by molar-refractivity contribution is 8.05. The highest BCUT2D eigenvalue weighted by Gasteiger charge is 2.26. The molecule has 0 spiro atoms. The van der Waals surface area contributed by atoms with E-state index in [0.29, 0.717) is 10.6 Å². The molecule has 3 N–H and O–H groups in total. The number of thioether (sulfide) groups is 1. The molecular weight excluding hydrogens is 257 g/mol. The number of nitrogens with zero attached hydrogens (tertiary/aromatic N) is 1. The van der Waals surface area contributed by atoms with E-state index in [2.05, 4.69) is 9.52 Å². The number of aliphatic carboxylic acids is 1. The third kappa shape index (κ3) is 4.07. The van der Waals surface area contributed by atoms with Gasteiger partial charge in [-0.2, -0.15) is 0 Å². The third-order valence-corrected chi connectivity index (χ3v) is 3.36. The molecular formula is C7H10NO6PS. The lowest BCUT2D eigenvalue weighted by atomic mass is 10.3. The van der Waals surface area contributed by atoms with Gasteiger partial charge in [-0.05, 0) is 13.0 Å². The number of phosphoric ester groups is 1. The summed E-state index contributed by atoms with van der Waals surface area (Å²) in [4.78, 5) is 31.9. The lowest BCUT2D eigenvalue weighted by Crippen LogP contribution is -2.10. The quantitative estimate of drug-likeness (QED) is 0.638. The van der Waals surface area contributed by atoms with Gasteiger partial charge in [0.25, 0.3) is 0 Å². The van der Waals surface area contributed by atoms with Gasteiger partial charge in [-0.1, -0.05) is 11.8 Å². The van der Waals surface area contributed by atoms with Gasteiger partial charge in [0.05, 0.1) is 6.61 Å². The van der Waals surface area contributed by atoms with Crippen LogP contribution in [0.4, 0.5) is 0 Å². The van der Waals surface area contributed by atoms with Crippen molar-refractivity contribution in [3.8, 4) is 0 Å². The van der Waals surface area contributed by atoms with Crippen LogP contribution >= 0.6 is 19.6 Å². The zero-order valence-corrected chi connectivity index (χ0v) is 9.94. The number of aliphatic imine (C=N–C) groups is 1. The summed E-state index contributed by atoms with van der Waals surface area (Å²) in [6.45, 7) is 1.34. The Morgan fingerprint density at radius 1 is 1.69 bits per heavy atom. The van der Waals surface area contributed by atoms with E-state index in [1.54, 1.807) is 6.92 Å². The van der Waals surface area contributed by atoms with Crippen LogP contribution in [0.25, 0.3) is 0 Å². The predicted molar refractivity (Wildman–Crippen MR) is 58.2 cm³/mol. The fourth-order valence-corrected chi connectivity index (χ4v) is 2.19. The van der Waals surface area contributed by atoms with Crippen LogP contribution in [0, 0.1) is 0 Å². The molecule has 0 saturated heterocycles. The second kappa shape index (κ2) is 5.11. The van der Waals surface area contributed by atoms with Gasteiger partial charge < -0.3 is 14.9 Å². The summed E-state index contributed by atoms with van der Waals surface area (Å²) in [7, 11) is -4.49. The molecule has 1 aliphatic heterocycles. The van der Waals surface area contributed by atoms with E-state index in [0.717, 1.165) is 11.8 Å². The van der Waals surface area contributed by atoms with Crippen LogP contribution in [0.5, 0.6) is 0 Å². The number of rotatable bonds is 4. The van der Waals surface area contributed by atoms with Gasteiger partial charge in [-0.25, -0.2) is 9.36 Å². The van der Waals surface area contributed by atoms with Crippen molar-refractivity contribution in [3.05, 3.63) is 11.0 Å². The molecule has 1 atom stereocenters. The van der Waals surface area contributed by atoms with Crippen LogP contribution in [0.3, 0.4) is 0 Å². The summed E-state index contributed by atoms with van der Waals surface area (Å²) in [5.41, 5.74) is 0.520. The minimum absolute atomic E-state index is 0.286. The normalized spacial score (nSPS) is 23.6. The highest BCUT2D eigenvalue weighted by Crippen LogP contribution is 2.36. The molecule has 0 amide bonds. The largest absolute Gasteiger partial charge is 0.479 e. The van der Waals surface area contributed by atoms with Crippen LogP contribution in [-0.4, -0.2) is 38.6 Å². The van der Waals surface area contributed by atoms with Crippen molar-refractivity contribution in [2.45, 2.75) is 12.3 Å².